The first-order chi connectivity index (χ1) is 16.9. The molecule has 186 valence electrons. The topological polar surface area (TPSA) is 108 Å². The molecule has 1 atom stereocenters. The largest absolute Gasteiger partial charge is 0.398 e. The number of amides is 3. The monoisotopic (exact) mass is 512 g/mol. The third-order valence-electron chi connectivity index (χ3n) is 6.52. The summed E-state index contributed by atoms with van der Waals surface area (Å²) in [6.45, 7) is 3.36. The Morgan fingerprint density at radius 2 is 1.94 bits per heavy atom. The van der Waals surface area contributed by atoms with Crippen molar-refractivity contribution in [2.75, 3.05) is 22.5 Å². The van der Waals surface area contributed by atoms with E-state index in [-0.39, 0.29) is 21.8 Å². The van der Waals surface area contributed by atoms with Crippen molar-refractivity contribution in [3.63, 3.8) is 0 Å². The summed E-state index contributed by atoms with van der Waals surface area (Å²) in [6, 6.07) is 7.75. The number of nitrogens with zero attached hydrogens (tertiary/aromatic N) is 1. The molecule has 1 unspecified atom stereocenters. The Hall–Kier alpha value is -3.69. The number of benzene rings is 3. The van der Waals surface area contributed by atoms with Gasteiger partial charge in [-0.3, -0.25) is 9.69 Å². The number of hydrogen-bond donors (Lipinski definition) is 4. The maximum absolute atomic E-state index is 14.3. The third kappa shape index (κ3) is 4.04. The maximum Gasteiger partial charge on any atom is 0.322 e. The number of anilines is 3. The Balaban J connectivity index is 1.65. The van der Waals surface area contributed by atoms with E-state index in [1.165, 1.54) is 43.0 Å². The van der Waals surface area contributed by atoms with E-state index >= 15 is 0 Å². The first-order valence-corrected chi connectivity index (χ1v) is 11.6. The number of aliphatic hydroxyl groups is 1. The second kappa shape index (κ2) is 8.46. The lowest BCUT2D eigenvalue weighted by Gasteiger charge is -2.35. The molecule has 36 heavy (non-hydrogen) atoms. The van der Waals surface area contributed by atoms with Crippen LogP contribution < -0.4 is 21.3 Å². The molecule has 5 N–H and O–H groups in total. The van der Waals surface area contributed by atoms with Gasteiger partial charge in [0, 0.05) is 39.5 Å². The van der Waals surface area contributed by atoms with Gasteiger partial charge in [-0.05, 0) is 68.3 Å². The molecule has 0 aliphatic carbocycles. The molecule has 0 bridgehead atoms. The van der Waals surface area contributed by atoms with Crippen molar-refractivity contribution in [2.45, 2.75) is 31.9 Å². The molecule has 0 spiro atoms. The highest BCUT2D eigenvalue weighted by molar-refractivity contribution is 6.31. The minimum Gasteiger partial charge on any atom is -0.398 e. The van der Waals surface area contributed by atoms with Gasteiger partial charge in [0.2, 0.25) is 0 Å². The lowest BCUT2D eigenvalue weighted by atomic mass is 9.90. The minimum atomic E-state index is -1.37. The van der Waals surface area contributed by atoms with Crippen LogP contribution in [0.1, 0.15) is 52.5 Å². The number of nitrogens with one attached hydrogen (secondary N) is 2. The summed E-state index contributed by atoms with van der Waals surface area (Å²) >= 11 is 6.39. The van der Waals surface area contributed by atoms with E-state index in [1.54, 1.807) is 6.07 Å². The van der Waals surface area contributed by atoms with E-state index in [0.29, 0.717) is 35.5 Å². The zero-order valence-electron chi connectivity index (χ0n) is 19.5. The fourth-order valence-electron chi connectivity index (χ4n) is 4.76. The quantitative estimate of drug-likeness (QED) is 0.375. The molecule has 3 amide bonds. The fraction of sp³-hybridized carbons (Fsp3) is 0.231. The van der Waals surface area contributed by atoms with E-state index in [1.807, 2.05) is 0 Å². The van der Waals surface area contributed by atoms with Crippen LogP contribution in [0.25, 0.3) is 0 Å². The molecular formula is C26H23ClF2N4O3. The van der Waals surface area contributed by atoms with Crippen molar-refractivity contribution in [1.82, 2.24) is 5.32 Å². The molecule has 5 rings (SSSR count). The van der Waals surface area contributed by atoms with Crippen molar-refractivity contribution < 1.29 is 23.5 Å². The van der Waals surface area contributed by atoms with Crippen LogP contribution in [0.5, 0.6) is 0 Å². The first-order valence-electron chi connectivity index (χ1n) is 11.3. The zero-order chi connectivity index (χ0) is 25.9. The van der Waals surface area contributed by atoms with Crippen molar-refractivity contribution >= 4 is 40.6 Å². The van der Waals surface area contributed by atoms with Crippen LogP contribution in [0.15, 0.2) is 42.5 Å². The maximum atomic E-state index is 14.3. The van der Waals surface area contributed by atoms with Crippen LogP contribution in [0.3, 0.4) is 0 Å². The van der Waals surface area contributed by atoms with Gasteiger partial charge in [0.15, 0.2) is 0 Å². The Morgan fingerprint density at radius 3 is 2.67 bits per heavy atom. The standard InChI is InChI=1S/C26H23ClF2N4O3/c1-26(2,36)13-7-12(8-15(29)9-13)24(34)31-20-11-19(30)16-5-6-33-23(16)21(20)22(32-25(33)35)17-10-14(28)3-4-18(17)27/h3-4,7-11,22,36H,5-6,30H2,1-2H3,(H,31,34)(H,32,35). The van der Waals surface area contributed by atoms with Crippen LogP contribution in [0, 0.1) is 11.6 Å². The SMILES string of the molecule is CC(C)(O)c1cc(F)cc(C(=O)Nc2cc(N)c3c4c2C(c2cc(F)ccc2Cl)NC(=O)N4CC3)c1. The van der Waals surface area contributed by atoms with Crippen LogP contribution >= 0.6 is 11.6 Å². The number of rotatable bonds is 4. The Kier molecular flexibility index (Phi) is 5.65. The van der Waals surface area contributed by atoms with Crippen molar-refractivity contribution in [3.05, 3.63) is 86.9 Å². The summed E-state index contributed by atoms with van der Waals surface area (Å²) in [5.41, 5.74) is 7.87. The van der Waals surface area contributed by atoms with Crippen LogP contribution in [-0.2, 0) is 12.0 Å². The zero-order valence-corrected chi connectivity index (χ0v) is 20.2. The second-order valence-corrected chi connectivity index (χ2v) is 9.85. The Morgan fingerprint density at radius 1 is 1.19 bits per heavy atom. The molecule has 3 aromatic carbocycles. The van der Waals surface area contributed by atoms with E-state index in [4.69, 9.17) is 17.3 Å². The second-order valence-electron chi connectivity index (χ2n) is 9.45. The molecule has 0 saturated heterocycles. The number of carbonyl (C=O) groups is 2. The molecule has 0 fully saturated rings. The predicted octanol–water partition coefficient (Wildman–Crippen LogP) is 4.86. The van der Waals surface area contributed by atoms with Gasteiger partial charge in [-0.15, -0.1) is 0 Å². The van der Waals surface area contributed by atoms with Gasteiger partial charge in [-0.25, -0.2) is 13.6 Å². The molecule has 2 heterocycles. The van der Waals surface area contributed by atoms with Gasteiger partial charge in [0.1, 0.15) is 11.6 Å². The number of nitrogens with two attached hydrogens (primary N) is 1. The molecule has 2 aliphatic heterocycles. The molecule has 10 heteroatoms. The average Bonchev–Trinajstić information content (AvgIpc) is 3.25. The van der Waals surface area contributed by atoms with Crippen LogP contribution in [0.4, 0.5) is 30.6 Å². The summed E-state index contributed by atoms with van der Waals surface area (Å²) in [5, 5.41) is 16.2. The average molecular weight is 513 g/mol. The van der Waals surface area contributed by atoms with Gasteiger partial charge in [0.25, 0.3) is 5.91 Å². The van der Waals surface area contributed by atoms with Gasteiger partial charge in [-0.1, -0.05) is 11.6 Å². The van der Waals surface area contributed by atoms with Gasteiger partial charge in [0.05, 0.1) is 23.0 Å². The molecule has 0 saturated carbocycles. The number of halogens is 3. The highest BCUT2D eigenvalue weighted by Crippen LogP contribution is 2.48. The molecular weight excluding hydrogens is 490 g/mol. The highest BCUT2D eigenvalue weighted by atomic mass is 35.5. The highest BCUT2D eigenvalue weighted by Gasteiger charge is 2.40. The molecule has 0 radical (unpaired) electrons. The molecule has 3 aromatic rings. The number of nitrogen functional groups attached to an aromatic ring is 1. The smallest absolute Gasteiger partial charge is 0.322 e. The fourth-order valence-corrected chi connectivity index (χ4v) is 4.99. The number of urea groups is 1. The van der Waals surface area contributed by atoms with Gasteiger partial charge >= 0.3 is 6.03 Å². The third-order valence-corrected chi connectivity index (χ3v) is 6.86. The number of hydrogen-bond acceptors (Lipinski definition) is 4. The molecule has 7 nitrogen and oxygen atoms in total. The molecule has 2 aliphatic rings. The predicted molar refractivity (Wildman–Crippen MR) is 133 cm³/mol. The first kappa shape index (κ1) is 24.0. The normalized spacial score (nSPS) is 16.6. The van der Waals surface area contributed by atoms with E-state index in [9.17, 15) is 23.5 Å². The van der Waals surface area contributed by atoms with E-state index < -0.39 is 35.2 Å². The Bertz CT molecular complexity index is 1440. The number of carbonyl (C=O) groups excluding carboxylic acids is 2. The van der Waals surface area contributed by atoms with E-state index in [0.717, 1.165) is 17.7 Å². The van der Waals surface area contributed by atoms with E-state index in [2.05, 4.69) is 10.6 Å². The van der Waals surface area contributed by atoms with Crippen LogP contribution in [0.2, 0.25) is 5.02 Å². The summed E-state index contributed by atoms with van der Waals surface area (Å²) in [5.74, 6) is -1.87. The summed E-state index contributed by atoms with van der Waals surface area (Å²) in [6.07, 6.45) is 0.512. The van der Waals surface area contributed by atoms with Crippen molar-refractivity contribution in [1.29, 1.82) is 0 Å². The summed E-state index contributed by atoms with van der Waals surface area (Å²) in [7, 11) is 0. The van der Waals surface area contributed by atoms with Crippen LogP contribution in [-0.4, -0.2) is 23.6 Å². The lowest BCUT2D eigenvalue weighted by molar-refractivity contribution is 0.0781. The van der Waals surface area contributed by atoms with Crippen molar-refractivity contribution in [3.8, 4) is 0 Å². The van der Waals surface area contributed by atoms with Gasteiger partial charge in [-0.2, -0.15) is 0 Å². The summed E-state index contributed by atoms with van der Waals surface area (Å²) < 4.78 is 28.5. The summed E-state index contributed by atoms with van der Waals surface area (Å²) in [4.78, 5) is 27.7. The van der Waals surface area contributed by atoms with Gasteiger partial charge < -0.3 is 21.5 Å². The molecule has 0 aromatic heterocycles. The minimum absolute atomic E-state index is 0.0181. The lowest BCUT2D eigenvalue weighted by Crippen LogP contribution is -2.46. The Labute approximate surface area is 210 Å². The van der Waals surface area contributed by atoms with Crippen molar-refractivity contribution in [2.24, 2.45) is 0 Å².